The molecule has 1 aromatic rings. The number of aromatic nitrogens is 2. The first-order valence-electron chi connectivity index (χ1n) is 6.48. The largest absolute Gasteiger partial charge is 0.373 e. The number of rotatable bonds is 3. The van der Waals surface area contributed by atoms with Crippen LogP contribution in [0.15, 0.2) is 6.07 Å². The monoisotopic (exact) mass is 284 g/mol. The van der Waals surface area contributed by atoms with E-state index in [2.05, 4.69) is 15.3 Å². The fourth-order valence-corrected chi connectivity index (χ4v) is 3.81. The van der Waals surface area contributed by atoms with Gasteiger partial charge in [-0.2, -0.15) is 0 Å². The molecule has 19 heavy (non-hydrogen) atoms. The highest BCUT2D eigenvalue weighted by Gasteiger charge is 2.29. The Balaban J connectivity index is 2.31. The molecular weight excluding hydrogens is 264 g/mol. The number of anilines is 2. The van der Waals surface area contributed by atoms with Crippen molar-refractivity contribution >= 4 is 21.5 Å². The van der Waals surface area contributed by atoms with Gasteiger partial charge in [-0.05, 0) is 6.92 Å². The molecule has 0 aliphatic carbocycles. The maximum atomic E-state index is 11.6. The van der Waals surface area contributed by atoms with Crippen molar-refractivity contribution in [1.82, 2.24) is 9.97 Å². The minimum Gasteiger partial charge on any atom is -0.373 e. The predicted molar refractivity (Wildman–Crippen MR) is 76.4 cm³/mol. The summed E-state index contributed by atoms with van der Waals surface area (Å²) in [4.78, 5) is 10.9. The second kappa shape index (κ2) is 5.32. The van der Waals surface area contributed by atoms with Gasteiger partial charge in [-0.3, -0.25) is 0 Å². The van der Waals surface area contributed by atoms with E-state index in [0.29, 0.717) is 6.54 Å². The highest BCUT2D eigenvalue weighted by atomic mass is 32.2. The van der Waals surface area contributed by atoms with Crippen LogP contribution >= 0.6 is 0 Å². The summed E-state index contributed by atoms with van der Waals surface area (Å²) in [7, 11) is -1.09. The minimum atomic E-state index is -2.90. The topological polar surface area (TPSA) is 75.2 Å². The molecular formula is C12H20N4O2S. The lowest BCUT2D eigenvalue weighted by molar-refractivity contribution is 0.566. The van der Waals surface area contributed by atoms with Gasteiger partial charge in [0, 0.05) is 32.1 Å². The Morgan fingerprint density at radius 1 is 1.47 bits per heavy atom. The number of nitrogens with one attached hydrogen (secondary N) is 1. The molecule has 1 fully saturated rings. The summed E-state index contributed by atoms with van der Waals surface area (Å²) < 4.78 is 23.2. The summed E-state index contributed by atoms with van der Waals surface area (Å²) in [5.41, 5.74) is 0. The number of aryl methyl sites for hydroxylation is 1. The van der Waals surface area contributed by atoms with Gasteiger partial charge in [0.15, 0.2) is 9.84 Å². The van der Waals surface area contributed by atoms with Crippen molar-refractivity contribution in [3.05, 3.63) is 11.9 Å². The average Bonchev–Trinajstić information content (AvgIpc) is 2.37. The predicted octanol–water partition coefficient (Wildman–Crippen LogP) is 0.704. The molecule has 7 heteroatoms. The Labute approximate surface area is 114 Å². The third kappa shape index (κ3) is 3.15. The lowest BCUT2D eigenvalue weighted by Crippen LogP contribution is -2.47. The summed E-state index contributed by atoms with van der Waals surface area (Å²) in [5.74, 6) is 2.72. The van der Waals surface area contributed by atoms with E-state index in [1.54, 1.807) is 0 Å². The molecule has 0 amide bonds. The normalized spacial score (nSPS) is 22.3. The van der Waals surface area contributed by atoms with Crippen molar-refractivity contribution in [2.75, 3.05) is 35.3 Å². The van der Waals surface area contributed by atoms with Crippen LogP contribution in [0.3, 0.4) is 0 Å². The van der Waals surface area contributed by atoms with Crippen LogP contribution in [0.25, 0.3) is 0 Å². The van der Waals surface area contributed by atoms with E-state index in [9.17, 15) is 8.42 Å². The van der Waals surface area contributed by atoms with Gasteiger partial charge in [0.1, 0.15) is 17.5 Å². The zero-order chi connectivity index (χ0) is 14.0. The zero-order valence-electron chi connectivity index (χ0n) is 11.5. The van der Waals surface area contributed by atoms with Gasteiger partial charge in [-0.1, -0.05) is 6.92 Å². The molecule has 0 aromatic carbocycles. The molecule has 1 saturated heterocycles. The molecule has 0 spiro atoms. The quantitative estimate of drug-likeness (QED) is 0.881. The molecule has 0 radical (unpaired) electrons. The van der Waals surface area contributed by atoms with Gasteiger partial charge in [0.2, 0.25) is 0 Å². The smallest absolute Gasteiger partial charge is 0.154 e. The van der Waals surface area contributed by atoms with Crippen molar-refractivity contribution in [3.8, 4) is 0 Å². The van der Waals surface area contributed by atoms with Crippen molar-refractivity contribution in [3.63, 3.8) is 0 Å². The van der Waals surface area contributed by atoms with Crippen molar-refractivity contribution in [1.29, 1.82) is 0 Å². The second-order valence-corrected chi connectivity index (χ2v) is 7.02. The van der Waals surface area contributed by atoms with Gasteiger partial charge >= 0.3 is 0 Å². The minimum absolute atomic E-state index is 0.0527. The Morgan fingerprint density at radius 2 is 2.21 bits per heavy atom. The summed E-state index contributed by atoms with van der Waals surface area (Å²) >= 11 is 0. The SMILES string of the molecule is CCc1nc(NC)cc(N2CCS(=O)(=O)CC2C)n1. The molecule has 106 valence electrons. The molecule has 1 N–H and O–H groups in total. The Morgan fingerprint density at radius 3 is 2.79 bits per heavy atom. The van der Waals surface area contributed by atoms with Gasteiger partial charge in [0.05, 0.1) is 11.5 Å². The molecule has 1 unspecified atom stereocenters. The molecule has 0 bridgehead atoms. The van der Waals surface area contributed by atoms with E-state index in [1.807, 2.05) is 31.9 Å². The average molecular weight is 284 g/mol. The van der Waals surface area contributed by atoms with Gasteiger partial charge in [-0.15, -0.1) is 0 Å². The summed E-state index contributed by atoms with van der Waals surface area (Å²) in [5, 5.41) is 3.02. The first-order chi connectivity index (χ1) is 8.95. The van der Waals surface area contributed by atoms with Crippen LogP contribution in [-0.2, 0) is 16.3 Å². The molecule has 2 heterocycles. The van der Waals surface area contributed by atoms with Crippen LogP contribution in [0.1, 0.15) is 19.7 Å². The van der Waals surface area contributed by atoms with Crippen LogP contribution in [-0.4, -0.2) is 49.5 Å². The van der Waals surface area contributed by atoms with E-state index < -0.39 is 9.84 Å². The van der Waals surface area contributed by atoms with Gasteiger partial charge < -0.3 is 10.2 Å². The molecule has 1 atom stereocenters. The van der Waals surface area contributed by atoms with Crippen molar-refractivity contribution in [2.45, 2.75) is 26.3 Å². The molecule has 2 rings (SSSR count). The number of nitrogens with zero attached hydrogens (tertiary/aromatic N) is 3. The highest BCUT2D eigenvalue weighted by molar-refractivity contribution is 7.91. The van der Waals surface area contributed by atoms with Crippen molar-refractivity contribution in [2.24, 2.45) is 0 Å². The van der Waals surface area contributed by atoms with Crippen LogP contribution in [0.5, 0.6) is 0 Å². The van der Waals surface area contributed by atoms with E-state index in [-0.39, 0.29) is 17.5 Å². The molecule has 6 nitrogen and oxygen atoms in total. The van der Waals surface area contributed by atoms with Gasteiger partial charge in [-0.25, -0.2) is 18.4 Å². The summed E-state index contributed by atoms with van der Waals surface area (Å²) in [6.45, 7) is 4.42. The highest BCUT2D eigenvalue weighted by Crippen LogP contribution is 2.22. The van der Waals surface area contributed by atoms with Crippen LogP contribution in [0, 0.1) is 0 Å². The summed E-state index contributed by atoms with van der Waals surface area (Å²) in [6, 6.07) is 1.82. The lowest BCUT2D eigenvalue weighted by Gasteiger charge is -2.34. The number of hydrogen-bond donors (Lipinski definition) is 1. The maximum absolute atomic E-state index is 11.6. The fraction of sp³-hybridized carbons (Fsp3) is 0.667. The maximum Gasteiger partial charge on any atom is 0.154 e. The third-order valence-corrected chi connectivity index (χ3v) is 5.09. The molecule has 1 aliphatic heterocycles. The number of sulfone groups is 1. The van der Waals surface area contributed by atoms with Crippen LogP contribution in [0.4, 0.5) is 11.6 Å². The van der Waals surface area contributed by atoms with Crippen LogP contribution < -0.4 is 10.2 Å². The van der Waals surface area contributed by atoms with Crippen molar-refractivity contribution < 1.29 is 8.42 Å². The fourth-order valence-electron chi connectivity index (χ4n) is 2.26. The Hall–Kier alpha value is -1.37. The first-order valence-corrected chi connectivity index (χ1v) is 8.30. The standard InChI is InChI=1S/C12H20N4O2S/c1-4-10-14-11(13-3)7-12(15-10)16-5-6-19(17,18)8-9(16)2/h7,9H,4-6,8H2,1-3H3,(H,13,14,15). The Bertz CT molecular complexity index is 537. The second-order valence-electron chi connectivity index (χ2n) is 4.79. The third-order valence-electron chi connectivity index (χ3n) is 3.30. The Kier molecular flexibility index (Phi) is 3.93. The first kappa shape index (κ1) is 14.0. The molecule has 0 saturated carbocycles. The number of hydrogen-bond acceptors (Lipinski definition) is 6. The molecule has 1 aliphatic rings. The van der Waals surface area contributed by atoms with E-state index >= 15 is 0 Å². The van der Waals surface area contributed by atoms with E-state index in [1.165, 1.54) is 0 Å². The van der Waals surface area contributed by atoms with Gasteiger partial charge in [0.25, 0.3) is 0 Å². The lowest BCUT2D eigenvalue weighted by atomic mass is 10.3. The molecule has 1 aromatic heterocycles. The zero-order valence-corrected chi connectivity index (χ0v) is 12.4. The van der Waals surface area contributed by atoms with Crippen LogP contribution in [0.2, 0.25) is 0 Å². The van der Waals surface area contributed by atoms with E-state index in [0.717, 1.165) is 23.9 Å². The summed E-state index contributed by atoms with van der Waals surface area (Å²) in [6.07, 6.45) is 0.753. The van der Waals surface area contributed by atoms with E-state index in [4.69, 9.17) is 0 Å².